The second-order valence-electron chi connectivity index (χ2n) is 3.56. The Morgan fingerprint density at radius 1 is 1.09 bits per heavy atom. The van der Waals surface area contributed by atoms with E-state index in [-0.39, 0.29) is 5.41 Å². The molecule has 0 unspecified atom stereocenters. The van der Waals surface area contributed by atoms with Gasteiger partial charge in [0.1, 0.15) is 0 Å². The first-order chi connectivity index (χ1) is 5.23. The minimum absolute atomic E-state index is 0.156. The topological polar surface area (TPSA) is 27.7 Å². The molecule has 3 saturated heterocycles. The summed E-state index contributed by atoms with van der Waals surface area (Å²) in [4.78, 5) is 0. The number of fused-ring (bicyclic) bond motifs is 3. The normalized spacial score (nSPS) is 43.4. The fourth-order valence-electron chi connectivity index (χ4n) is 1.28. The molecular formula is C7H13AsO3. The molecule has 3 heterocycles. The van der Waals surface area contributed by atoms with Crippen LogP contribution >= 0.6 is 0 Å². The molecule has 3 aliphatic rings. The van der Waals surface area contributed by atoms with E-state index in [1.165, 1.54) is 0 Å². The van der Waals surface area contributed by atoms with Crippen molar-refractivity contribution in [2.45, 2.75) is 13.8 Å². The first-order valence-corrected chi connectivity index (χ1v) is 6.22. The Morgan fingerprint density at radius 2 is 1.55 bits per heavy atom. The maximum atomic E-state index is 5.44. The summed E-state index contributed by atoms with van der Waals surface area (Å²) in [6.07, 6.45) is 0. The summed E-state index contributed by atoms with van der Waals surface area (Å²) in [5.74, 6) is 0.582. The van der Waals surface area contributed by atoms with Crippen LogP contribution in [0.2, 0.25) is 0 Å². The van der Waals surface area contributed by atoms with Crippen LogP contribution < -0.4 is 0 Å². The number of rotatable bonds is 1. The van der Waals surface area contributed by atoms with Crippen molar-refractivity contribution < 1.29 is 11.2 Å². The zero-order chi connectivity index (χ0) is 7.90. The van der Waals surface area contributed by atoms with Gasteiger partial charge in [0.15, 0.2) is 0 Å². The van der Waals surface area contributed by atoms with Crippen molar-refractivity contribution in [3.05, 3.63) is 0 Å². The third-order valence-electron chi connectivity index (χ3n) is 2.60. The third-order valence-corrected chi connectivity index (χ3v) is 4.74. The van der Waals surface area contributed by atoms with Crippen LogP contribution in [-0.4, -0.2) is 35.5 Å². The Balaban J connectivity index is 2.12. The molecule has 11 heavy (non-hydrogen) atoms. The Hall–Kier alpha value is 0.438. The molecule has 0 amide bonds. The molecule has 0 spiro atoms. The number of hydrogen-bond acceptors (Lipinski definition) is 3. The van der Waals surface area contributed by atoms with Crippen LogP contribution in [0.4, 0.5) is 0 Å². The third kappa shape index (κ3) is 1.24. The molecule has 0 aromatic heterocycles. The van der Waals surface area contributed by atoms with Crippen molar-refractivity contribution in [2.75, 3.05) is 19.8 Å². The van der Waals surface area contributed by atoms with Gasteiger partial charge in [0, 0.05) is 0 Å². The van der Waals surface area contributed by atoms with E-state index in [1.54, 1.807) is 0 Å². The van der Waals surface area contributed by atoms with E-state index in [9.17, 15) is 0 Å². The van der Waals surface area contributed by atoms with E-state index in [2.05, 4.69) is 13.8 Å². The van der Waals surface area contributed by atoms with Crippen LogP contribution in [0.5, 0.6) is 0 Å². The predicted octanol–water partition coefficient (Wildman–Crippen LogP) is 0.691. The minimum atomic E-state index is -1.69. The van der Waals surface area contributed by atoms with Gasteiger partial charge < -0.3 is 0 Å². The van der Waals surface area contributed by atoms with E-state index >= 15 is 0 Å². The molecule has 64 valence electrons. The first kappa shape index (κ1) is 8.06. The standard InChI is InChI=1S/C7H13AsO3/c1-6(2)7-3-9-8(10-4-7)11-5-7/h6H,3-5H2,1-2H3. The van der Waals surface area contributed by atoms with Gasteiger partial charge in [-0.15, -0.1) is 0 Å². The molecule has 3 nitrogen and oxygen atoms in total. The van der Waals surface area contributed by atoms with Crippen LogP contribution in [0, 0.1) is 11.3 Å². The van der Waals surface area contributed by atoms with Crippen LogP contribution in [-0.2, 0) is 11.2 Å². The first-order valence-electron chi connectivity index (χ1n) is 3.92. The van der Waals surface area contributed by atoms with Gasteiger partial charge in [0.05, 0.1) is 0 Å². The molecular weight excluding hydrogens is 207 g/mol. The van der Waals surface area contributed by atoms with E-state index in [1.807, 2.05) is 0 Å². The quantitative estimate of drug-likeness (QED) is 0.608. The summed E-state index contributed by atoms with van der Waals surface area (Å²) < 4.78 is 16.3. The Labute approximate surface area is 72.3 Å². The van der Waals surface area contributed by atoms with Gasteiger partial charge in [0.25, 0.3) is 0 Å². The van der Waals surface area contributed by atoms with Gasteiger partial charge in [-0.2, -0.15) is 0 Å². The molecule has 0 aromatic rings. The Kier molecular flexibility index (Phi) is 2.00. The average Bonchev–Trinajstić information content (AvgIpc) is 2.08. The molecule has 3 rings (SSSR count). The molecule has 0 saturated carbocycles. The molecule has 2 bridgehead atoms. The van der Waals surface area contributed by atoms with Gasteiger partial charge in [-0.25, -0.2) is 0 Å². The fraction of sp³-hybridized carbons (Fsp3) is 1.00. The summed E-state index contributed by atoms with van der Waals surface area (Å²) in [5, 5.41) is 0. The maximum absolute atomic E-state index is 5.44. The number of hydrogen-bond donors (Lipinski definition) is 0. The van der Waals surface area contributed by atoms with Crippen LogP contribution in [0.3, 0.4) is 0 Å². The van der Waals surface area contributed by atoms with Crippen LogP contribution in [0.15, 0.2) is 0 Å². The zero-order valence-corrected chi connectivity index (χ0v) is 8.75. The van der Waals surface area contributed by atoms with Gasteiger partial charge in [-0.05, 0) is 0 Å². The molecule has 3 fully saturated rings. The predicted molar refractivity (Wildman–Crippen MR) is 40.9 cm³/mol. The van der Waals surface area contributed by atoms with Gasteiger partial charge in [0.2, 0.25) is 0 Å². The summed E-state index contributed by atoms with van der Waals surface area (Å²) >= 11 is -1.69. The summed E-state index contributed by atoms with van der Waals surface area (Å²) in [6.45, 7) is 6.95. The fourth-order valence-corrected chi connectivity index (χ4v) is 4.03. The van der Waals surface area contributed by atoms with E-state index in [0.29, 0.717) is 5.92 Å². The van der Waals surface area contributed by atoms with Crippen LogP contribution in [0.1, 0.15) is 13.8 Å². The van der Waals surface area contributed by atoms with Gasteiger partial charge in [-0.3, -0.25) is 0 Å². The van der Waals surface area contributed by atoms with Gasteiger partial charge >= 0.3 is 71.9 Å². The average molecular weight is 220 g/mol. The summed E-state index contributed by atoms with van der Waals surface area (Å²) in [6, 6.07) is 0. The van der Waals surface area contributed by atoms with Crippen molar-refractivity contribution in [3.8, 4) is 0 Å². The zero-order valence-electron chi connectivity index (χ0n) is 6.87. The second kappa shape index (κ2) is 2.74. The molecule has 0 radical (unpaired) electrons. The van der Waals surface area contributed by atoms with Crippen molar-refractivity contribution in [1.29, 1.82) is 0 Å². The van der Waals surface area contributed by atoms with E-state index in [0.717, 1.165) is 19.8 Å². The van der Waals surface area contributed by atoms with Crippen molar-refractivity contribution in [1.82, 2.24) is 0 Å². The van der Waals surface area contributed by atoms with Crippen LogP contribution in [0.25, 0.3) is 0 Å². The molecule has 0 N–H and O–H groups in total. The van der Waals surface area contributed by atoms with E-state index < -0.39 is 15.7 Å². The Morgan fingerprint density at radius 3 is 1.82 bits per heavy atom. The molecule has 0 aliphatic carbocycles. The summed E-state index contributed by atoms with van der Waals surface area (Å²) in [5.41, 5.74) is 0.156. The molecule has 0 atom stereocenters. The summed E-state index contributed by atoms with van der Waals surface area (Å²) in [7, 11) is 0. The molecule has 0 aromatic carbocycles. The Bertz CT molecular complexity index is 138. The SMILES string of the molecule is CC(C)C12CO[As](OC1)OC2. The van der Waals surface area contributed by atoms with Crippen molar-refractivity contribution >= 4 is 15.7 Å². The molecule has 3 aliphatic heterocycles. The molecule has 4 heteroatoms. The van der Waals surface area contributed by atoms with Gasteiger partial charge in [-0.1, -0.05) is 0 Å². The second-order valence-corrected chi connectivity index (χ2v) is 6.12. The monoisotopic (exact) mass is 220 g/mol. The van der Waals surface area contributed by atoms with Crippen molar-refractivity contribution in [3.63, 3.8) is 0 Å². The van der Waals surface area contributed by atoms with Crippen molar-refractivity contribution in [2.24, 2.45) is 11.3 Å². The van der Waals surface area contributed by atoms with E-state index in [4.69, 9.17) is 11.2 Å².